The first kappa shape index (κ1) is 16.4. The molecule has 0 aliphatic carbocycles. The van der Waals surface area contributed by atoms with Gasteiger partial charge in [-0.2, -0.15) is 0 Å². The lowest BCUT2D eigenvalue weighted by Crippen LogP contribution is -2.53. The SMILES string of the molecule is CCCCC(CC)CNC(=O)C(C)N1CCNCC1. The average Bonchev–Trinajstić information content (AvgIpc) is 2.47. The van der Waals surface area contributed by atoms with Crippen molar-refractivity contribution in [2.24, 2.45) is 5.92 Å². The topological polar surface area (TPSA) is 44.4 Å². The van der Waals surface area contributed by atoms with Crippen LogP contribution < -0.4 is 10.6 Å². The molecule has 0 spiro atoms. The molecule has 1 aliphatic heterocycles. The van der Waals surface area contributed by atoms with Crippen molar-refractivity contribution >= 4 is 5.91 Å². The number of hydrogen-bond acceptors (Lipinski definition) is 3. The number of amides is 1. The molecular formula is C15H31N3O. The summed E-state index contributed by atoms with van der Waals surface area (Å²) in [5.74, 6) is 0.830. The standard InChI is InChI=1S/C15H31N3O/c1-4-6-7-14(5-2)12-17-15(19)13(3)18-10-8-16-9-11-18/h13-14,16H,4-12H2,1-3H3,(H,17,19). The third kappa shape index (κ3) is 5.91. The van der Waals surface area contributed by atoms with Gasteiger partial charge in [-0.05, 0) is 19.3 Å². The van der Waals surface area contributed by atoms with Crippen LogP contribution >= 0.6 is 0 Å². The van der Waals surface area contributed by atoms with Crippen LogP contribution in [0.2, 0.25) is 0 Å². The van der Waals surface area contributed by atoms with Gasteiger partial charge in [-0.1, -0.05) is 33.1 Å². The van der Waals surface area contributed by atoms with Gasteiger partial charge in [0.05, 0.1) is 6.04 Å². The van der Waals surface area contributed by atoms with Gasteiger partial charge in [0.15, 0.2) is 0 Å². The molecule has 4 nitrogen and oxygen atoms in total. The monoisotopic (exact) mass is 269 g/mol. The van der Waals surface area contributed by atoms with Gasteiger partial charge in [0.2, 0.25) is 5.91 Å². The lowest BCUT2D eigenvalue weighted by molar-refractivity contribution is -0.126. The molecule has 2 N–H and O–H groups in total. The highest BCUT2D eigenvalue weighted by atomic mass is 16.2. The third-order valence-corrected chi connectivity index (χ3v) is 4.19. The number of hydrogen-bond donors (Lipinski definition) is 2. The lowest BCUT2D eigenvalue weighted by atomic mass is 9.99. The predicted molar refractivity (Wildman–Crippen MR) is 80.2 cm³/mol. The van der Waals surface area contributed by atoms with E-state index in [1.54, 1.807) is 0 Å². The van der Waals surface area contributed by atoms with Gasteiger partial charge < -0.3 is 10.6 Å². The fourth-order valence-electron chi connectivity index (χ4n) is 2.57. The molecule has 2 atom stereocenters. The van der Waals surface area contributed by atoms with Crippen molar-refractivity contribution in [2.45, 2.75) is 52.5 Å². The van der Waals surface area contributed by atoms with Crippen LogP contribution in [0.15, 0.2) is 0 Å². The summed E-state index contributed by atoms with van der Waals surface area (Å²) in [7, 11) is 0. The van der Waals surface area contributed by atoms with Crippen LogP contribution in [0.4, 0.5) is 0 Å². The number of carbonyl (C=O) groups excluding carboxylic acids is 1. The molecular weight excluding hydrogens is 238 g/mol. The summed E-state index contributed by atoms with van der Waals surface area (Å²) in [6.07, 6.45) is 4.89. The van der Waals surface area contributed by atoms with E-state index in [2.05, 4.69) is 29.4 Å². The zero-order valence-corrected chi connectivity index (χ0v) is 12.9. The first-order chi connectivity index (χ1) is 9.19. The molecule has 1 amide bonds. The van der Waals surface area contributed by atoms with E-state index >= 15 is 0 Å². The smallest absolute Gasteiger partial charge is 0.237 e. The molecule has 112 valence electrons. The molecule has 0 aromatic rings. The summed E-state index contributed by atoms with van der Waals surface area (Å²) < 4.78 is 0. The molecule has 1 heterocycles. The van der Waals surface area contributed by atoms with Crippen molar-refractivity contribution < 1.29 is 4.79 Å². The summed E-state index contributed by atoms with van der Waals surface area (Å²) in [6.45, 7) is 11.2. The zero-order valence-electron chi connectivity index (χ0n) is 12.9. The highest BCUT2D eigenvalue weighted by Gasteiger charge is 2.22. The Hall–Kier alpha value is -0.610. The number of piperazine rings is 1. The zero-order chi connectivity index (χ0) is 14.1. The molecule has 0 saturated carbocycles. The minimum atomic E-state index is 0.00535. The average molecular weight is 269 g/mol. The van der Waals surface area contributed by atoms with Crippen molar-refractivity contribution in [2.75, 3.05) is 32.7 Å². The Balaban J connectivity index is 2.28. The summed E-state index contributed by atoms with van der Waals surface area (Å²) in [4.78, 5) is 14.4. The number of carbonyl (C=O) groups is 1. The molecule has 1 fully saturated rings. The summed E-state index contributed by atoms with van der Waals surface area (Å²) >= 11 is 0. The van der Waals surface area contributed by atoms with Gasteiger partial charge >= 0.3 is 0 Å². The number of rotatable bonds is 8. The second-order valence-electron chi connectivity index (χ2n) is 5.62. The van der Waals surface area contributed by atoms with Crippen molar-refractivity contribution in [1.29, 1.82) is 0 Å². The van der Waals surface area contributed by atoms with E-state index in [4.69, 9.17) is 0 Å². The van der Waals surface area contributed by atoms with Crippen LogP contribution in [0, 0.1) is 5.92 Å². The maximum absolute atomic E-state index is 12.2. The molecule has 0 aromatic heterocycles. The maximum atomic E-state index is 12.2. The van der Waals surface area contributed by atoms with E-state index in [-0.39, 0.29) is 11.9 Å². The Morgan fingerprint density at radius 2 is 2.00 bits per heavy atom. The van der Waals surface area contributed by atoms with Gasteiger partial charge in [0, 0.05) is 32.7 Å². The molecule has 19 heavy (non-hydrogen) atoms. The Morgan fingerprint density at radius 1 is 1.32 bits per heavy atom. The lowest BCUT2D eigenvalue weighted by Gasteiger charge is -2.32. The summed E-state index contributed by atoms with van der Waals surface area (Å²) in [5.41, 5.74) is 0. The molecule has 0 aromatic carbocycles. The highest BCUT2D eigenvalue weighted by molar-refractivity contribution is 5.81. The third-order valence-electron chi connectivity index (χ3n) is 4.19. The van der Waals surface area contributed by atoms with Gasteiger partial charge in [-0.15, -0.1) is 0 Å². The van der Waals surface area contributed by atoms with Crippen molar-refractivity contribution in [3.63, 3.8) is 0 Å². The number of nitrogens with zero attached hydrogens (tertiary/aromatic N) is 1. The van der Waals surface area contributed by atoms with Gasteiger partial charge in [0.1, 0.15) is 0 Å². The van der Waals surface area contributed by atoms with Crippen LogP contribution in [0.25, 0.3) is 0 Å². The van der Waals surface area contributed by atoms with Gasteiger partial charge in [-0.3, -0.25) is 9.69 Å². The fourth-order valence-corrected chi connectivity index (χ4v) is 2.57. The van der Waals surface area contributed by atoms with Crippen molar-refractivity contribution in [1.82, 2.24) is 15.5 Å². The molecule has 0 bridgehead atoms. The first-order valence-electron chi connectivity index (χ1n) is 7.91. The minimum Gasteiger partial charge on any atom is -0.354 e. The maximum Gasteiger partial charge on any atom is 0.237 e. The Kier molecular flexibility index (Phi) is 8.07. The molecule has 1 saturated heterocycles. The predicted octanol–water partition coefficient (Wildman–Crippen LogP) is 1.61. The first-order valence-corrected chi connectivity index (χ1v) is 7.91. The van der Waals surface area contributed by atoms with Gasteiger partial charge in [-0.25, -0.2) is 0 Å². The fraction of sp³-hybridized carbons (Fsp3) is 0.933. The van der Waals surface area contributed by atoms with Gasteiger partial charge in [0.25, 0.3) is 0 Å². The molecule has 0 radical (unpaired) electrons. The van der Waals surface area contributed by atoms with E-state index in [9.17, 15) is 4.79 Å². The van der Waals surface area contributed by atoms with Crippen LogP contribution in [0.3, 0.4) is 0 Å². The van der Waals surface area contributed by atoms with Crippen molar-refractivity contribution in [3.8, 4) is 0 Å². The van der Waals surface area contributed by atoms with E-state index in [0.717, 1.165) is 39.1 Å². The van der Waals surface area contributed by atoms with Crippen LogP contribution in [-0.2, 0) is 4.79 Å². The highest BCUT2D eigenvalue weighted by Crippen LogP contribution is 2.11. The molecule has 4 heteroatoms. The van der Waals surface area contributed by atoms with Crippen molar-refractivity contribution in [3.05, 3.63) is 0 Å². The van der Waals surface area contributed by atoms with E-state index in [1.807, 2.05) is 6.92 Å². The summed E-state index contributed by atoms with van der Waals surface area (Å²) in [5, 5.41) is 6.46. The minimum absolute atomic E-state index is 0.00535. The normalized spacial score (nSPS) is 19.9. The Morgan fingerprint density at radius 3 is 2.58 bits per heavy atom. The van der Waals surface area contributed by atoms with E-state index in [0.29, 0.717) is 5.92 Å². The Bertz CT molecular complexity index is 252. The Labute approximate surface area is 118 Å². The number of unbranched alkanes of at least 4 members (excludes halogenated alkanes) is 1. The summed E-state index contributed by atoms with van der Waals surface area (Å²) in [6, 6.07) is 0.00535. The van der Waals surface area contributed by atoms with E-state index in [1.165, 1.54) is 19.3 Å². The second kappa shape index (κ2) is 9.32. The van der Waals surface area contributed by atoms with Crippen LogP contribution in [0.1, 0.15) is 46.5 Å². The van der Waals surface area contributed by atoms with Crippen LogP contribution in [-0.4, -0.2) is 49.6 Å². The number of nitrogens with one attached hydrogen (secondary N) is 2. The largest absolute Gasteiger partial charge is 0.354 e. The van der Waals surface area contributed by atoms with Crippen LogP contribution in [0.5, 0.6) is 0 Å². The van der Waals surface area contributed by atoms with E-state index < -0.39 is 0 Å². The molecule has 2 unspecified atom stereocenters. The molecule has 1 rings (SSSR count). The quantitative estimate of drug-likeness (QED) is 0.704. The second-order valence-corrected chi connectivity index (χ2v) is 5.62. The molecule has 1 aliphatic rings.